The maximum absolute atomic E-state index is 11.8. The van der Waals surface area contributed by atoms with Crippen LogP contribution in [0.4, 0.5) is 10.5 Å². The Kier molecular flexibility index (Phi) is 4.44. The number of anilines is 1. The molecule has 0 heterocycles. The first-order chi connectivity index (χ1) is 9.44. The number of carbonyl (C=O) groups excluding carboxylic acids is 1. The van der Waals surface area contributed by atoms with Gasteiger partial charge >= 0.3 is 12.0 Å². The minimum absolute atomic E-state index is 0.246. The second-order valence-corrected chi connectivity index (χ2v) is 5.70. The van der Waals surface area contributed by atoms with E-state index in [0.717, 1.165) is 10.0 Å². The smallest absolute Gasteiger partial charge is 0.319 e. The van der Waals surface area contributed by atoms with Crippen molar-refractivity contribution in [3.8, 4) is 0 Å². The van der Waals surface area contributed by atoms with Crippen LogP contribution in [0.5, 0.6) is 0 Å². The van der Waals surface area contributed by atoms with E-state index in [9.17, 15) is 9.59 Å². The van der Waals surface area contributed by atoms with Gasteiger partial charge in [-0.05, 0) is 37.1 Å². The van der Waals surface area contributed by atoms with Crippen LogP contribution in [0.15, 0.2) is 34.8 Å². The molecule has 2 rings (SSSR count). The van der Waals surface area contributed by atoms with Crippen LogP contribution < -0.4 is 10.6 Å². The van der Waals surface area contributed by atoms with Crippen molar-refractivity contribution < 1.29 is 14.7 Å². The lowest BCUT2D eigenvalue weighted by atomic mass is 10.1. The van der Waals surface area contributed by atoms with Gasteiger partial charge in [-0.25, -0.2) is 4.79 Å². The number of benzene rings is 1. The lowest BCUT2D eigenvalue weighted by Crippen LogP contribution is -2.36. The molecule has 3 N–H and O–H groups in total. The molecule has 1 aliphatic rings. The first-order valence-corrected chi connectivity index (χ1v) is 6.99. The number of carbonyl (C=O) groups is 2. The summed E-state index contributed by atoms with van der Waals surface area (Å²) in [7, 11) is 0. The van der Waals surface area contributed by atoms with Gasteiger partial charge in [-0.2, -0.15) is 0 Å². The summed E-state index contributed by atoms with van der Waals surface area (Å²) in [6.45, 7) is 1.94. The molecule has 20 heavy (non-hydrogen) atoms. The third-order valence-corrected chi connectivity index (χ3v) is 3.48. The summed E-state index contributed by atoms with van der Waals surface area (Å²) in [4.78, 5) is 22.7. The van der Waals surface area contributed by atoms with Gasteiger partial charge in [0.15, 0.2) is 0 Å². The molecule has 0 saturated heterocycles. The second-order valence-electron chi connectivity index (χ2n) is 4.79. The fraction of sp³-hybridized carbons (Fsp3) is 0.286. The number of aryl methyl sites for hydroxylation is 1. The molecule has 2 atom stereocenters. The molecule has 2 unspecified atom stereocenters. The Morgan fingerprint density at radius 3 is 2.65 bits per heavy atom. The molecule has 0 spiro atoms. The summed E-state index contributed by atoms with van der Waals surface area (Å²) >= 11 is 3.37. The van der Waals surface area contributed by atoms with Gasteiger partial charge in [0, 0.05) is 10.2 Å². The average Bonchev–Trinajstić information content (AvgIpc) is 2.75. The quantitative estimate of drug-likeness (QED) is 0.741. The standard InChI is InChI=1S/C14H15BrN2O3/c1-8-4-10(15)7-12(5-8)17-14(20)16-11-3-2-9(6-11)13(18)19/h2-5,7,9,11H,6H2,1H3,(H,18,19)(H2,16,17,20). The van der Waals surface area contributed by atoms with Crippen LogP contribution in [0.3, 0.4) is 0 Å². The van der Waals surface area contributed by atoms with Crippen LogP contribution in [-0.4, -0.2) is 23.1 Å². The highest BCUT2D eigenvalue weighted by atomic mass is 79.9. The predicted molar refractivity (Wildman–Crippen MR) is 79.7 cm³/mol. The van der Waals surface area contributed by atoms with Crippen molar-refractivity contribution in [1.82, 2.24) is 5.32 Å². The minimum Gasteiger partial charge on any atom is -0.481 e. The predicted octanol–water partition coefficient (Wildman–Crippen LogP) is 2.91. The minimum atomic E-state index is -0.867. The number of hydrogen-bond acceptors (Lipinski definition) is 2. The monoisotopic (exact) mass is 338 g/mol. The molecule has 1 aromatic rings. The Bertz CT molecular complexity index is 551. The zero-order chi connectivity index (χ0) is 14.7. The molecule has 0 radical (unpaired) electrons. The van der Waals surface area contributed by atoms with E-state index < -0.39 is 11.9 Å². The summed E-state index contributed by atoms with van der Waals surface area (Å²) in [6.07, 6.45) is 3.71. The maximum Gasteiger partial charge on any atom is 0.319 e. The largest absolute Gasteiger partial charge is 0.481 e. The van der Waals surface area contributed by atoms with Crippen molar-refractivity contribution in [2.75, 3.05) is 5.32 Å². The van der Waals surface area contributed by atoms with Gasteiger partial charge in [0.05, 0.1) is 12.0 Å². The van der Waals surface area contributed by atoms with Crippen molar-refractivity contribution in [2.24, 2.45) is 5.92 Å². The number of rotatable bonds is 3. The molecule has 0 fully saturated rings. The molecule has 5 nitrogen and oxygen atoms in total. The average molecular weight is 339 g/mol. The number of aliphatic carboxylic acids is 1. The number of halogens is 1. The normalized spacial score (nSPS) is 20.7. The Balaban J connectivity index is 1.90. The van der Waals surface area contributed by atoms with Gasteiger partial charge in [0.1, 0.15) is 0 Å². The van der Waals surface area contributed by atoms with Crippen LogP contribution in [0, 0.1) is 12.8 Å². The number of hydrogen-bond donors (Lipinski definition) is 3. The molecule has 0 bridgehead atoms. The van der Waals surface area contributed by atoms with E-state index in [-0.39, 0.29) is 12.1 Å². The number of carboxylic acids is 1. The third-order valence-electron chi connectivity index (χ3n) is 3.02. The highest BCUT2D eigenvalue weighted by Crippen LogP contribution is 2.20. The van der Waals surface area contributed by atoms with E-state index in [1.54, 1.807) is 18.2 Å². The molecular formula is C14H15BrN2O3. The summed E-state index contributed by atoms with van der Waals surface area (Å²) in [6, 6.07) is 5.01. The van der Waals surface area contributed by atoms with Crippen LogP contribution in [0.2, 0.25) is 0 Å². The Morgan fingerprint density at radius 1 is 1.30 bits per heavy atom. The van der Waals surface area contributed by atoms with Gasteiger partial charge in [0.2, 0.25) is 0 Å². The number of carboxylic acid groups (broad SMARTS) is 1. The van der Waals surface area contributed by atoms with E-state index in [0.29, 0.717) is 12.1 Å². The molecule has 2 amide bonds. The van der Waals surface area contributed by atoms with E-state index in [4.69, 9.17) is 5.11 Å². The van der Waals surface area contributed by atoms with Crippen LogP contribution in [0.25, 0.3) is 0 Å². The summed E-state index contributed by atoms with van der Waals surface area (Å²) in [5.74, 6) is -1.39. The van der Waals surface area contributed by atoms with Crippen LogP contribution in [-0.2, 0) is 4.79 Å². The summed E-state index contributed by atoms with van der Waals surface area (Å²) < 4.78 is 0.888. The Hall–Kier alpha value is -1.82. The molecule has 1 aromatic carbocycles. The lowest BCUT2D eigenvalue weighted by molar-refractivity contribution is -0.140. The highest BCUT2D eigenvalue weighted by molar-refractivity contribution is 9.10. The topological polar surface area (TPSA) is 78.4 Å². The number of amides is 2. The van der Waals surface area contributed by atoms with Gasteiger partial charge in [0.25, 0.3) is 0 Å². The van der Waals surface area contributed by atoms with E-state index in [1.807, 2.05) is 19.1 Å². The summed E-state index contributed by atoms with van der Waals surface area (Å²) in [5.41, 5.74) is 1.72. The van der Waals surface area contributed by atoms with Crippen molar-refractivity contribution in [3.63, 3.8) is 0 Å². The molecule has 6 heteroatoms. The van der Waals surface area contributed by atoms with Gasteiger partial charge in [-0.15, -0.1) is 0 Å². The highest BCUT2D eigenvalue weighted by Gasteiger charge is 2.25. The molecule has 0 saturated carbocycles. The summed E-state index contributed by atoms with van der Waals surface area (Å²) in [5, 5.41) is 14.3. The van der Waals surface area contributed by atoms with E-state index >= 15 is 0 Å². The zero-order valence-corrected chi connectivity index (χ0v) is 12.5. The fourth-order valence-electron chi connectivity index (χ4n) is 2.13. The maximum atomic E-state index is 11.8. The third kappa shape index (κ3) is 3.84. The molecule has 1 aliphatic carbocycles. The molecule has 106 valence electrons. The molecule has 0 aromatic heterocycles. The van der Waals surface area contributed by atoms with Crippen molar-refractivity contribution >= 4 is 33.6 Å². The molecule has 0 aliphatic heterocycles. The van der Waals surface area contributed by atoms with Gasteiger partial charge < -0.3 is 15.7 Å². The van der Waals surface area contributed by atoms with Crippen molar-refractivity contribution in [3.05, 3.63) is 40.4 Å². The van der Waals surface area contributed by atoms with E-state index in [2.05, 4.69) is 26.6 Å². The fourth-order valence-corrected chi connectivity index (χ4v) is 2.74. The zero-order valence-electron chi connectivity index (χ0n) is 10.9. The van der Waals surface area contributed by atoms with Crippen LogP contribution in [0.1, 0.15) is 12.0 Å². The Morgan fingerprint density at radius 2 is 2.05 bits per heavy atom. The lowest BCUT2D eigenvalue weighted by Gasteiger charge is -2.13. The van der Waals surface area contributed by atoms with E-state index in [1.165, 1.54) is 0 Å². The number of nitrogens with one attached hydrogen (secondary N) is 2. The SMILES string of the molecule is Cc1cc(Br)cc(NC(=O)NC2C=CC(C(=O)O)C2)c1. The van der Waals surface area contributed by atoms with Gasteiger partial charge in [-0.3, -0.25) is 4.79 Å². The molecular weight excluding hydrogens is 324 g/mol. The van der Waals surface area contributed by atoms with Crippen molar-refractivity contribution in [2.45, 2.75) is 19.4 Å². The first-order valence-electron chi connectivity index (χ1n) is 6.20. The number of urea groups is 1. The first kappa shape index (κ1) is 14.6. The van der Waals surface area contributed by atoms with Gasteiger partial charge in [-0.1, -0.05) is 28.1 Å². The van der Waals surface area contributed by atoms with Crippen LogP contribution >= 0.6 is 15.9 Å². The van der Waals surface area contributed by atoms with Crippen molar-refractivity contribution in [1.29, 1.82) is 0 Å². The second kappa shape index (κ2) is 6.09. The Labute approximate surface area is 125 Å².